The van der Waals surface area contributed by atoms with Crippen molar-refractivity contribution in [1.29, 1.82) is 0 Å². The molecule has 1 fully saturated rings. The predicted octanol–water partition coefficient (Wildman–Crippen LogP) is 6.72. The third kappa shape index (κ3) is 8.02. The van der Waals surface area contributed by atoms with E-state index in [1.54, 1.807) is 25.4 Å². The highest BCUT2D eigenvalue weighted by molar-refractivity contribution is 5.32. The van der Waals surface area contributed by atoms with Gasteiger partial charge in [0.1, 0.15) is 23.1 Å². The lowest BCUT2D eigenvalue weighted by Gasteiger charge is -2.12. The molecule has 1 N–H and O–H groups in total. The Bertz CT molecular complexity index is 854. The van der Waals surface area contributed by atoms with Crippen molar-refractivity contribution in [3.8, 4) is 17.2 Å². The van der Waals surface area contributed by atoms with Crippen molar-refractivity contribution < 1.29 is 13.9 Å². The van der Waals surface area contributed by atoms with E-state index in [1.807, 2.05) is 38.2 Å². The second-order valence-electron chi connectivity index (χ2n) is 6.86. The molecule has 4 rings (SSSR count). The quantitative estimate of drug-likeness (QED) is 0.494. The number of methoxy groups -OCH3 is 1. The number of nitrogens with zero attached hydrogens (tertiary/aromatic N) is 1. The van der Waals surface area contributed by atoms with Crippen LogP contribution in [0.25, 0.3) is 0 Å². The summed E-state index contributed by atoms with van der Waals surface area (Å²) in [6.07, 6.45) is 6.93. The van der Waals surface area contributed by atoms with Gasteiger partial charge in [0, 0.05) is 12.2 Å². The van der Waals surface area contributed by atoms with Crippen molar-refractivity contribution in [2.24, 2.45) is 0 Å². The molecule has 2 aromatic carbocycles. The molecule has 0 aliphatic carbocycles. The van der Waals surface area contributed by atoms with Crippen LogP contribution in [0.4, 0.5) is 4.39 Å². The van der Waals surface area contributed by atoms with Crippen LogP contribution in [-0.2, 0) is 6.42 Å². The molecule has 166 valence electrons. The molecule has 1 saturated heterocycles. The minimum Gasteiger partial charge on any atom is -0.497 e. The van der Waals surface area contributed by atoms with E-state index >= 15 is 0 Å². The Morgan fingerprint density at radius 3 is 2.23 bits per heavy atom. The highest BCUT2D eigenvalue weighted by atomic mass is 19.1. The smallest absolute Gasteiger partial charge is 0.146 e. The second-order valence-corrected chi connectivity index (χ2v) is 6.86. The Labute approximate surface area is 185 Å². The average Bonchev–Trinajstić information content (AvgIpc) is 3.38. The molecule has 2 heterocycles. The largest absolute Gasteiger partial charge is 0.497 e. The summed E-state index contributed by atoms with van der Waals surface area (Å²) in [5, 5.41) is 3.43. The van der Waals surface area contributed by atoms with Crippen LogP contribution < -0.4 is 14.8 Å². The fraction of sp³-hybridized carbons (Fsp3) is 0.346. The molecular weight excluding hydrogens is 391 g/mol. The first kappa shape index (κ1) is 24.4. The van der Waals surface area contributed by atoms with Gasteiger partial charge in [0.25, 0.3) is 0 Å². The van der Waals surface area contributed by atoms with Crippen LogP contribution >= 0.6 is 0 Å². The van der Waals surface area contributed by atoms with Gasteiger partial charge in [0.2, 0.25) is 0 Å². The van der Waals surface area contributed by atoms with E-state index < -0.39 is 0 Å². The minimum absolute atomic E-state index is 0.269. The van der Waals surface area contributed by atoms with Gasteiger partial charge in [-0.2, -0.15) is 0 Å². The van der Waals surface area contributed by atoms with Gasteiger partial charge < -0.3 is 14.8 Å². The van der Waals surface area contributed by atoms with Crippen LogP contribution in [0.2, 0.25) is 0 Å². The Morgan fingerprint density at radius 2 is 1.65 bits per heavy atom. The van der Waals surface area contributed by atoms with Crippen molar-refractivity contribution in [3.05, 3.63) is 83.9 Å². The minimum atomic E-state index is -0.269. The first-order valence-electron chi connectivity index (χ1n) is 10.9. The summed E-state index contributed by atoms with van der Waals surface area (Å²) in [5.74, 6) is 1.95. The predicted molar refractivity (Wildman–Crippen MR) is 124 cm³/mol. The number of aryl methyl sites for hydroxylation is 1. The van der Waals surface area contributed by atoms with Crippen molar-refractivity contribution in [2.45, 2.75) is 46.1 Å². The molecule has 0 amide bonds. The van der Waals surface area contributed by atoms with Crippen LogP contribution in [-0.4, -0.2) is 18.6 Å². The van der Waals surface area contributed by atoms with E-state index in [4.69, 9.17) is 9.47 Å². The van der Waals surface area contributed by atoms with E-state index in [0.717, 1.165) is 30.7 Å². The highest BCUT2D eigenvalue weighted by Crippen LogP contribution is 2.27. The molecule has 31 heavy (non-hydrogen) atoms. The zero-order valence-electron chi connectivity index (χ0n) is 18.9. The van der Waals surface area contributed by atoms with Gasteiger partial charge in [0.05, 0.1) is 13.3 Å². The maximum Gasteiger partial charge on any atom is 0.146 e. The summed E-state index contributed by atoms with van der Waals surface area (Å²) < 4.78 is 23.5. The molecule has 1 aliphatic heterocycles. The molecule has 4 nitrogen and oxygen atoms in total. The summed E-state index contributed by atoms with van der Waals surface area (Å²) in [6, 6.07) is 16.5. The molecule has 0 saturated carbocycles. The van der Waals surface area contributed by atoms with Gasteiger partial charge in [-0.05, 0) is 79.4 Å². The fourth-order valence-electron chi connectivity index (χ4n) is 3.15. The fourth-order valence-corrected chi connectivity index (χ4v) is 3.15. The summed E-state index contributed by atoms with van der Waals surface area (Å²) in [5.41, 5.74) is 2.48. The molecule has 0 bridgehead atoms. The van der Waals surface area contributed by atoms with E-state index in [9.17, 15) is 4.39 Å². The van der Waals surface area contributed by atoms with Crippen LogP contribution in [0.15, 0.2) is 67.0 Å². The van der Waals surface area contributed by atoms with Crippen LogP contribution in [0, 0.1) is 5.82 Å². The van der Waals surface area contributed by atoms with Gasteiger partial charge in [0.15, 0.2) is 0 Å². The van der Waals surface area contributed by atoms with E-state index in [1.165, 1.54) is 24.1 Å². The molecule has 1 atom stereocenters. The Morgan fingerprint density at radius 1 is 0.968 bits per heavy atom. The molecule has 1 unspecified atom stereocenters. The number of benzene rings is 2. The number of aromatic nitrogens is 1. The lowest BCUT2D eigenvalue weighted by Crippen LogP contribution is -2.12. The number of hydrogen-bond donors (Lipinski definition) is 1. The maximum atomic E-state index is 12.8. The molecule has 1 aromatic heterocycles. The van der Waals surface area contributed by atoms with Crippen LogP contribution in [0.5, 0.6) is 17.2 Å². The van der Waals surface area contributed by atoms with Gasteiger partial charge in [-0.25, -0.2) is 4.39 Å². The van der Waals surface area contributed by atoms with Crippen molar-refractivity contribution >= 4 is 0 Å². The van der Waals surface area contributed by atoms with Crippen LogP contribution in [0.1, 0.15) is 50.8 Å². The van der Waals surface area contributed by atoms with Crippen molar-refractivity contribution in [1.82, 2.24) is 10.3 Å². The Hall–Kier alpha value is -2.92. The topological polar surface area (TPSA) is 43.4 Å². The van der Waals surface area contributed by atoms with Gasteiger partial charge >= 0.3 is 0 Å². The average molecular weight is 425 g/mol. The van der Waals surface area contributed by atoms with Crippen LogP contribution in [0.3, 0.4) is 0 Å². The van der Waals surface area contributed by atoms with E-state index in [0.29, 0.717) is 17.5 Å². The number of ether oxygens (including phenoxy) is 2. The number of pyridine rings is 1. The standard InChI is InChI=1S/C15H15FN2O.C9H12O.C2H6/c16-12-3-5-13(6-4-12)19-14-8-11(9-17-10-14)15-2-1-7-18-15;1-3-8-4-6-9(10-2)7-5-8;1-2/h3-6,8-10,15,18H,1-2,7H2;4-7H,3H2,1-2H3;1-2H3. The van der Waals surface area contributed by atoms with E-state index in [2.05, 4.69) is 29.4 Å². The zero-order valence-corrected chi connectivity index (χ0v) is 18.9. The molecule has 0 radical (unpaired) electrons. The van der Waals surface area contributed by atoms with Gasteiger partial charge in [-0.1, -0.05) is 32.9 Å². The lowest BCUT2D eigenvalue weighted by molar-refractivity contribution is 0.414. The first-order chi connectivity index (χ1) is 15.2. The monoisotopic (exact) mass is 424 g/mol. The summed E-state index contributed by atoms with van der Waals surface area (Å²) >= 11 is 0. The van der Waals surface area contributed by atoms with Crippen molar-refractivity contribution in [3.63, 3.8) is 0 Å². The lowest BCUT2D eigenvalue weighted by atomic mass is 10.1. The highest BCUT2D eigenvalue weighted by Gasteiger charge is 2.16. The van der Waals surface area contributed by atoms with Gasteiger partial charge in [-0.15, -0.1) is 0 Å². The molecular formula is C26H33FN2O2. The Balaban J connectivity index is 0.000000241. The Kier molecular flexibility index (Phi) is 10.5. The summed E-state index contributed by atoms with van der Waals surface area (Å²) in [7, 11) is 1.68. The molecule has 1 aliphatic rings. The molecule has 3 aromatic rings. The molecule has 5 heteroatoms. The third-order valence-electron chi connectivity index (χ3n) is 4.81. The SMILES string of the molecule is CC.CCc1ccc(OC)cc1.Fc1ccc(Oc2cncc(C3CCCN3)c2)cc1. The molecule has 0 spiro atoms. The number of rotatable bonds is 5. The third-order valence-corrected chi connectivity index (χ3v) is 4.81. The number of nitrogens with one attached hydrogen (secondary N) is 1. The first-order valence-corrected chi connectivity index (χ1v) is 10.9. The zero-order chi connectivity index (χ0) is 22.5. The normalized spacial score (nSPS) is 14.5. The number of hydrogen-bond acceptors (Lipinski definition) is 4. The van der Waals surface area contributed by atoms with Crippen molar-refractivity contribution in [2.75, 3.05) is 13.7 Å². The van der Waals surface area contributed by atoms with E-state index in [-0.39, 0.29) is 5.82 Å². The summed E-state index contributed by atoms with van der Waals surface area (Å²) in [4.78, 5) is 4.20. The van der Waals surface area contributed by atoms with Gasteiger partial charge in [-0.3, -0.25) is 4.98 Å². The second kappa shape index (κ2) is 13.4. The maximum absolute atomic E-state index is 12.8. The number of halogens is 1. The summed E-state index contributed by atoms with van der Waals surface area (Å²) in [6.45, 7) is 7.19.